The molecule has 1 aromatic carbocycles. The molecule has 3 N–H and O–H groups in total. The van der Waals surface area contributed by atoms with E-state index >= 15 is 0 Å². The molecule has 6 nitrogen and oxygen atoms in total. The first kappa shape index (κ1) is 15.1. The maximum atomic E-state index is 12.4. The molecule has 0 saturated heterocycles. The monoisotopic (exact) mass is 310 g/mol. The third-order valence-corrected chi connectivity index (χ3v) is 3.72. The van der Waals surface area contributed by atoms with E-state index in [0.717, 1.165) is 22.0 Å². The lowest BCUT2D eigenvalue weighted by atomic mass is 10.1. The second-order valence-electron chi connectivity index (χ2n) is 5.73. The van der Waals surface area contributed by atoms with Gasteiger partial charge in [0.25, 0.3) is 5.56 Å². The maximum Gasteiger partial charge on any atom is 0.325 e. The third-order valence-electron chi connectivity index (χ3n) is 3.72. The lowest BCUT2D eigenvalue weighted by Crippen LogP contribution is -2.31. The van der Waals surface area contributed by atoms with Crippen LogP contribution in [0, 0.1) is 0 Å². The van der Waals surface area contributed by atoms with E-state index in [1.165, 1.54) is 11.8 Å². The number of carbonyl (C=O) groups excluding carboxylic acids is 1. The minimum absolute atomic E-state index is 0.415. The summed E-state index contributed by atoms with van der Waals surface area (Å²) in [5.41, 5.74) is 8.00. The van der Waals surface area contributed by atoms with Crippen molar-refractivity contribution >= 4 is 16.9 Å². The summed E-state index contributed by atoms with van der Waals surface area (Å²) in [5, 5.41) is 1.06. The van der Waals surface area contributed by atoms with E-state index in [0.29, 0.717) is 11.3 Å². The lowest BCUT2D eigenvalue weighted by molar-refractivity contribution is 0.249. The minimum Gasteiger partial charge on any atom is -0.354 e. The van der Waals surface area contributed by atoms with Gasteiger partial charge in [-0.2, -0.15) is 0 Å². The SMILES string of the molecule is CN(C)Cc1cccc2[nH]c(-c3cccn(C(N)=O)c3=O)cc12. The van der Waals surface area contributed by atoms with Crippen LogP contribution in [0.15, 0.2) is 47.4 Å². The average molecular weight is 310 g/mol. The van der Waals surface area contributed by atoms with E-state index in [2.05, 4.69) is 16.0 Å². The molecular formula is C17H18N4O2. The van der Waals surface area contributed by atoms with Gasteiger partial charge in [0.2, 0.25) is 0 Å². The zero-order chi connectivity index (χ0) is 16.6. The molecule has 1 amide bonds. The molecule has 0 aliphatic heterocycles. The van der Waals surface area contributed by atoms with Crippen LogP contribution >= 0.6 is 0 Å². The number of H-pyrrole nitrogens is 1. The molecule has 0 aliphatic carbocycles. The number of pyridine rings is 1. The standard InChI is InChI=1S/C17H18N4O2/c1-20(2)10-11-5-3-7-14-13(11)9-15(19-14)12-6-4-8-21(16(12)22)17(18)23/h3-9,19H,10H2,1-2H3,(H2,18,23). The van der Waals surface area contributed by atoms with Crippen LogP contribution < -0.4 is 11.3 Å². The molecule has 118 valence electrons. The normalized spacial score (nSPS) is 11.3. The molecule has 6 heteroatoms. The number of hydrogen-bond acceptors (Lipinski definition) is 3. The van der Waals surface area contributed by atoms with Gasteiger partial charge in [0, 0.05) is 23.6 Å². The highest BCUT2D eigenvalue weighted by Crippen LogP contribution is 2.25. The van der Waals surface area contributed by atoms with Crippen LogP contribution in [0.2, 0.25) is 0 Å². The van der Waals surface area contributed by atoms with Gasteiger partial charge in [-0.1, -0.05) is 12.1 Å². The number of aromatic amines is 1. The number of rotatable bonds is 3. The number of nitrogens with zero attached hydrogens (tertiary/aromatic N) is 2. The van der Waals surface area contributed by atoms with Crippen LogP contribution in [0.1, 0.15) is 5.56 Å². The molecule has 2 aromatic heterocycles. The third kappa shape index (κ3) is 2.76. The number of fused-ring (bicyclic) bond motifs is 1. The quantitative estimate of drug-likeness (QED) is 0.776. The van der Waals surface area contributed by atoms with Crippen LogP contribution in [-0.4, -0.2) is 34.6 Å². The topological polar surface area (TPSA) is 84.1 Å². The maximum absolute atomic E-state index is 12.4. The van der Waals surface area contributed by atoms with Crippen molar-refractivity contribution in [1.82, 2.24) is 14.5 Å². The number of primary amides is 1. The predicted molar refractivity (Wildman–Crippen MR) is 90.4 cm³/mol. The van der Waals surface area contributed by atoms with Gasteiger partial charge in [-0.15, -0.1) is 0 Å². The van der Waals surface area contributed by atoms with Crippen LogP contribution in [0.5, 0.6) is 0 Å². The summed E-state index contributed by atoms with van der Waals surface area (Å²) in [4.78, 5) is 29.0. The molecule has 0 bridgehead atoms. The molecule has 0 unspecified atom stereocenters. The fourth-order valence-corrected chi connectivity index (χ4v) is 2.71. The Balaban J connectivity index is 2.17. The van der Waals surface area contributed by atoms with E-state index in [9.17, 15) is 9.59 Å². The summed E-state index contributed by atoms with van der Waals surface area (Å²) < 4.78 is 0.904. The van der Waals surface area contributed by atoms with Crippen molar-refractivity contribution in [2.75, 3.05) is 14.1 Å². The molecule has 0 aliphatic rings. The first-order valence-electron chi connectivity index (χ1n) is 7.24. The number of nitrogens with one attached hydrogen (secondary N) is 1. The van der Waals surface area contributed by atoms with Crippen molar-refractivity contribution in [3.05, 3.63) is 58.5 Å². The lowest BCUT2D eigenvalue weighted by Gasteiger charge is -2.10. The number of benzene rings is 1. The fraction of sp³-hybridized carbons (Fsp3) is 0.176. The van der Waals surface area contributed by atoms with E-state index in [-0.39, 0.29) is 0 Å². The van der Waals surface area contributed by atoms with Gasteiger partial charge in [0.15, 0.2) is 0 Å². The van der Waals surface area contributed by atoms with Crippen molar-refractivity contribution in [1.29, 1.82) is 0 Å². The largest absolute Gasteiger partial charge is 0.354 e. The average Bonchev–Trinajstić information content (AvgIpc) is 2.91. The first-order valence-corrected chi connectivity index (χ1v) is 7.24. The van der Waals surface area contributed by atoms with Gasteiger partial charge in [-0.05, 0) is 43.9 Å². The smallest absolute Gasteiger partial charge is 0.325 e. The number of amides is 1. The van der Waals surface area contributed by atoms with Gasteiger partial charge in [-0.3, -0.25) is 4.79 Å². The van der Waals surface area contributed by atoms with Gasteiger partial charge < -0.3 is 15.6 Å². The Kier molecular flexibility index (Phi) is 3.75. The summed E-state index contributed by atoms with van der Waals surface area (Å²) >= 11 is 0. The Bertz CT molecular complexity index is 937. The van der Waals surface area contributed by atoms with Crippen LogP contribution in [0.4, 0.5) is 4.79 Å². The summed E-state index contributed by atoms with van der Waals surface area (Å²) in [6.07, 6.45) is 1.37. The van der Waals surface area contributed by atoms with Gasteiger partial charge >= 0.3 is 6.03 Å². The van der Waals surface area contributed by atoms with Crippen molar-refractivity contribution in [2.45, 2.75) is 6.54 Å². The molecule has 3 rings (SSSR count). The van der Waals surface area contributed by atoms with E-state index in [4.69, 9.17) is 5.73 Å². The van der Waals surface area contributed by atoms with E-state index < -0.39 is 11.6 Å². The zero-order valence-corrected chi connectivity index (χ0v) is 13.0. The highest BCUT2D eigenvalue weighted by molar-refractivity contribution is 5.88. The molecule has 3 aromatic rings. The number of carbonyl (C=O) groups is 1. The van der Waals surface area contributed by atoms with Crippen LogP contribution in [-0.2, 0) is 6.54 Å². The molecule has 0 spiro atoms. The van der Waals surface area contributed by atoms with Crippen molar-refractivity contribution in [2.24, 2.45) is 5.73 Å². The second kappa shape index (κ2) is 5.73. The summed E-state index contributed by atoms with van der Waals surface area (Å²) in [6.45, 7) is 0.801. The molecule has 23 heavy (non-hydrogen) atoms. The number of hydrogen-bond donors (Lipinski definition) is 2. The van der Waals surface area contributed by atoms with E-state index in [1.54, 1.807) is 12.1 Å². The van der Waals surface area contributed by atoms with Crippen molar-refractivity contribution < 1.29 is 4.79 Å². The zero-order valence-electron chi connectivity index (χ0n) is 13.0. The minimum atomic E-state index is -0.791. The summed E-state index contributed by atoms with van der Waals surface area (Å²) in [5.74, 6) is 0. The van der Waals surface area contributed by atoms with Crippen molar-refractivity contribution in [3.8, 4) is 11.3 Å². The number of aromatic nitrogens is 2. The van der Waals surface area contributed by atoms with Crippen LogP contribution in [0.25, 0.3) is 22.2 Å². The fourth-order valence-electron chi connectivity index (χ4n) is 2.71. The van der Waals surface area contributed by atoms with Gasteiger partial charge in [0.1, 0.15) is 0 Å². The Hall–Kier alpha value is -2.86. The first-order chi connectivity index (χ1) is 11.0. The molecule has 0 saturated carbocycles. The highest BCUT2D eigenvalue weighted by atomic mass is 16.2. The van der Waals surface area contributed by atoms with Crippen LogP contribution in [0.3, 0.4) is 0 Å². The molecule has 0 radical (unpaired) electrons. The molecule has 0 fully saturated rings. The van der Waals surface area contributed by atoms with Gasteiger partial charge in [-0.25, -0.2) is 9.36 Å². The summed E-state index contributed by atoms with van der Waals surface area (Å²) in [6, 6.07) is 10.5. The van der Waals surface area contributed by atoms with Crippen molar-refractivity contribution in [3.63, 3.8) is 0 Å². The number of nitrogens with two attached hydrogens (primary N) is 1. The Morgan fingerprint density at radius 2 is 2.04 bits per heavy atom. The molecule has 2 heterocycles. The molecule has 0 atom stereocenters. The Morgan fingerprint density at radius 3 is 2.74 bits per heavy atom. The molecular weight excluding hydrogens is 292 g/mol. The summed E-state index contributed by atoms with van der Waals surface area (Å²) in [7, 11) is 4.02. The van der Waals surface area contributed by atoms with E-state index in [1.807, 2.05) is 32.3 Å². The highest BCUT2D eigenvalue weighted by Gasteiger charge is 2.12. The van der Waals surface area contributed by atoms with Gasteiger partial charge in [0.05, 0.1) is 11.3 Å². The Morgan fingerprint density at radius 1 is 1.26 bits per heavy atom. The predicted octanol–water partition coefficient (Wildman–Crippen LogP) is 1.99. The Labute approximate surface area is 133 Å². The second-order valence-corrected chi connectivity index (χ2v) is 5.73.